The van der Waals surface area contributed by atoms with Crippen molar-refractivity contribution < 1.29 is 23.8 Å². The lowest BCUT2D eigenvalue weighted by atomic mass is 9.67. The number of nitrogens with zero attached hydrogens (tertiary/aromatic N) is 1. The van der Waals surface area contributed by atoms with Crippen LogP contribution in [0.3, 0.4) is 0 Å². The molecule has 4 rings (SSSR count). The maximum absolute atomic E-state index is 13.4. The molecular formula is C25H29NO5. The van der Waals surface area contributed by atoms with Crippen molar-refractivity contribution in [1.29, 1.82) is 0 Å². The van der Waals surface area contributed by atoms with Crippen molar-refractivity contribution in [2.75, 3.05) is 21.3 Å². The zero-order valence-corrected chi connectivity index (χ0v) is 18.2. The summed E-state index contributed by atoms with van der Waals surface area (Å²) in [5.41, 5.74) is 0.484. The molecule has 6 nitrogen and oxygen atoms in total. The number of fused-ring (bicyclic) bond motifs is 2. The monoisotopic (exact) mass is 423 g/mol. The third-order valence-corrected chi connectivity index (χ3v) is 6.98. The Morgan fingerprint density at radius 2 is 1.74 bits per heavy atom. The SMILES string of the molecule is COC(=O)[C@@]1(Cc2ccc(OC)cc2)[C@@H](OC(=O)c2ccccc2)C[C@H]2CC[C@@H]1N2C. The second-order valence-corrected chi connectivity index (χ2v) is 8.46. The van der Waals surface area contributed by atoms with Gasteiger partial charge in [0.05, 0.1) is 19.8 Å². The normalized spacial score (nSPS) is 27.5. The lowest BCUT2D eigenvalue weighted by Crippen LogP contribution is -2.63. The van der Waals surface area contributed by atoms with Gasteiger partial charge in [-0.25, -0.2) is 4.79 Å². The average molecular weight is 424 g/mol. The van der Waals surface area contributed by atoms with Crippen LogP contribution in [0.1, 0.15) is 35.2 Å². The van der Waals surface area contributed by atoms with Gasteiger partial charge in [-0.2, -0.15) is 0 Å². The summed E-state index contributed by atoms with van der Waals surface area (Å²) in [5, 5.41) is 0. The molecule has 2 bridgehead atoms. The van der Waals surface area contributed by atoms with E-state index in [4.69, 9.17) is 14.2 Å². The Morgan fingerprint density at radius 1 is 1.03 bits per heavy atom. The van der Waals surface area contributed by atoms with Gasteiger partial charge in [0, 0.05) is 18.5 Å². The standard InChI is InChI=1S/C25H29NO5/c1-26-19-11-14-21(26)25(24(28)30-3,16-17-9-12-20(29-2)13-10-17)22(15-19)31-23(27)18-7-5-4-6-8-18/h4-10,12-13,19,21-22H,11,14-16H2,1-3H3/t19-,21+,22+,25-/m1/s1. The van der Waals surface area contributed by atoms with Crippen LogP contribution in [-0.4, -0.2) is 56.3 Å². The first kappa shape index (κ1) is 21.4. The highest BCUT2D eigenvalue weighted by Gasteiger charge is 2.62. The first-order valence-corrected chi connectivity index (χ1v) is 10.7. The minimum Gasteiger partial charge on any atom is -0.497 e. The molecule has 0 amide bonds. The van der Waals surface area contributed by atoms with Gasteiger partial charge in [0.2, 0.25) is 0 Å². The summed E-state index contributed by atoms with van der Waals surface area (Å²) in [6, 6.07) is 16.8. The van der Waals surface area contributed by atoms with E-state index in [1.165, 1.54) is 7.11 Å². The number of ether oxygens (including phenoxy) is 3. The Hall–Kier alpha value is -2.86. The van der Waals surface area contributed by atoms with Crippen LogP contribution in [0.15, 0.2) is 54.6 Å². The van der Waals surface area contributed by atoms with Crippen molar-refractivity contribution in [3.63, 3.8) is 0 Å². The molecule has 2 heterocycles. The molecule has 2 aliphatic rings. The average Bonchev–Trinajstić information content (AvgIpc) is 3.08. The molecule has 0 saturated carbocycles. The maximum Gasteiger partial charge on any atom is 0.338 e. The first-order valence-electron chi connectivity index (χ1n) is 10.7. The fourth-order valence-corrected chi connectivity index (χ4v) is 5.36. The Labute approximate surface area is 183 Å². The van der Waals surface area contributed by atoms with Gasteiger partial charge in [0.25, 0.3) is 0 Å². The summed E-state index contributed by atoms with van der Waals surface area (Å²) in [6.45, 7) is 0. The molecule has 0 unspecified atom stereocenters. The maximum atomic E-state index is 13.4. The number of esters is 2. The van der Waals surface area contributed by atoms with E-state index in [0.717, 1.165) is 24.2 Å². The van der Waals surface area contributed by atoms with E-state index >= 15 is 0 Å². The lowest BCUT2D eigenvalue weighted by molar-refractivity contribution is -0.174. The van der Waals surface area contributed by atoms with Gasteiger partial charge in [-0.15, -0.1) is 0 Å². The van der Waals surface area contributed by atoms with Crippen LogP contribution < -0.4 is 4.74 Å². The van der Waals surface area contributed by atoms with E-state index in [1.807, 2.05) is 30.3 Å². The summed E-state index contributed by atoms with van der Waals surface area (Å²) < 4.78 is 16.7. The van der Waals surface area contributed by atoms with E-state index in [-0.39, 0.29) is 18.1 Å². The molecule has 164 valence electrons. The Bertz CT molecular complexity index is 929. The summed E-state index contributed by atoms with van der Waals surface area (Å²) in [6.07, 6.45) is 2.31. The number of rotatable bonds is 6. The molecule has 0 radical (unpaired) electrons. The molecule has 31 heavy (non-hydrogen) atoms. The van der Waals surface area contributed by atoms with Gasteiger partial charge in [-0.1, -0.05) is 30.3 Å². The molecule has 2 aliphatic heterocycles. The van der Waals surface area contributed by atoms with Crippen LogP contribution in [0.2, 0.25) is 0 Å². The number of carbonyl (C=O) groups is 2. The van der Waals surface area contributed by atoms with Crippen LogP contribution in [0.25, 0.3) is 0 Å². The first-order chi connectivity index (χ1) is 15.0. The second-order valence-electron chi connectivity index (χ2n) is 8.46. The molecule has 2 fully saturated rings. The van der Waals surface area contributed by atoms with Crippen molar-refractivity contribution >= 4 is 11.9 Å². The Kier molecular flexibility index (Phi) is 6.01. The quantitative estimate of drug-likeness (QED) is 0.663. The number of methoxy groups -OCH3 is 2. The van der Waals surface area contributed by atoms with Gasteiger partial charge in [0.15, 0.2) is 0 Å². The topological polar surface area (TPSA) is 65.1 Å². The van der Waals surface area contributed by atoms with E-state index in [1.54, 1.807) is 31.4 Å². The Balaban J connectivity index is 1.72. The van der Waals surface area contributed by atoms with Gasteiger partial charge < -0.3 is 14.2 Å². The summed E-state index contributed by atoms with van der Waals surface area (Å²) >= 11 is 0. The second kappa shape index (κ2) is 8.71. The number of benzene rings is 2. The molecule has 4 atom stereocenters. The molecular weight excluding hydrogens is 394 g/mol. The molecule has 2 aromatic carbocycles. The molecule has 2 aromatic rings. The van der Waals surface area contributed by atoms with Crippen LogP contribution in [0.4, 0.5) is 0 Å². The van der Waals surface area contributed by atoms with E-state index < -0.39 is 17.5 Å². The summed E-state index contributed by atoms with van der Waals surface area (Å²) in [5.74, 6) is 0.0218. The summed E-state index contributed by atoms with van der Waals surface area (Å²) in [4.78, 5) is 28.6. The highest BCUT2D eigenvalue weighted by Crippen LogP contribution is 2.50. The highest BCUT2D eigenvalue weighted by atomic mass is 16.6. The van der Waals surface area contributed by atoms with Gasteiger partial charge in [0.1, 0.15) is 17.3 Å². The molecule has 0 N–H and O–H groups in total. The van der Waals surface area contributed by atoms with Gasteiger partial charge in [-0.3, -0.25) is 9.69 Å². The molecule has 0 aliphatic carbocycles. The minimum atomic E-state index is -0.977. The van der Waals surface area contributed by atoms with Crippen molar-refractivity contribution in [3.05, 3.63) is 65.7 Å². The van der Waals surface area contributed by atoms with E-state index in [9.17, 15) is 9.59 Å². The molecule has 0 aromatic heterocycles. The third kappa shape index (κ3) is 3.81. The van der Waals surface area contributed by atoms with Gasteiger partial charge in [-0.05, 0) is 56.1 Å². The number of piperidine rings is 1. The number of hydrogen-bond donors (Lipinski definition) is 0. The largest absolute Gasteiger partial charge is 0.497 e. The highest BCUT2D eigenvalue weighted by molar-refractivity contribution is 5.90. The van der Waals surface area contributed by atoms with Crippen LogP contribution >= 0.6 is 0 Å². The number of hydrogen-bond acceptors (Lipinski definition) is 6. The molecule has 2 saturated heterocycles. The zero-order chi connectivity index (χ0) is 22.0. The summed E-state index contributed by atoms with van der Waals surface area (Å²) in [7, 11) is 5.09. The number of carbonyl (C=O) groups excluding carboxylic acids is 2. The fraction of sp³-hybridized carbons (Fsp3) is 0.440. The Morgan fingerprint density at radius 3 is 2.39 bits per heavy atom. The van der Waals surface area contributed by atoms with Crippen molar-refractivity contribution in [1.82, 2.24) is 4.90 Å². The molecule has 6 heteroatoms. The zero-order valence-electron chi connectivity index (χ0n) is 18.2. The smallest absolute Gasteiger partial charge is 0.338 e. The third-order valence-electron chi connectivity index (χ3n) is 6.98. The van der Waals surface area contributed by atoms with Gasteiger partial charge >= 0.3 is 11.9 Å². The van der Waals surface area contributed by atoms with E-state index in [2.05, 4.69) is 11.9 Å². The predicted molar refractivity (Wildman–Crippen MR) is 116 cm³/mol. The van der Waals surface area contributed by atoms with Crippen molar-refractivity contribution in [2.24, 2.45) is 5.41 Å². The fourth-order valence-electron chi connectivity index (χ4n) is 5.36. The van der Waals surface area contributed by atoms with Crippen molar-refractivity contribution in [2.45, 2.75) is 43.9 Å². The van der Waals surface area contributed by atoms with Crippen molar-refractivity contribution in [3.8, 4) is 5.75 Å². The predicted octanol–water partition coefficient (Wildman–Crippen LogP) is 3.49. The minimum absolute atomic E-state index is 0.0608. The van der Waals surface area contributed by atoms with Crippen LogP contribution in [0, 0.1) is 5.41 Å². The van der Waals surface area contributed by atoms with E-state index in [0.29, 0.717) is 18.4 Å². The van der Waals surface area contributed by atoms with Crippen LogP contribution in [-0.2, 0) is 20.7 Å². The molecule has 0 spiro atoms. The van der Waals surface area contributed by atoms with Crippen LogP contribution in [0.5, 0.6) is 5.75 Å². The lowest BCUT2D eigenvalue weighted by Gasteiger charge is -2.49.